The number of nitrogens with zero attached hydrogens (tertiary/aromatic N) is 2. The summed E-state index contributed by atoms with van der Waals surface area (Å²) in [4.78, 5) is 22.6. The van der Waals surface area contributed by atoms with Crippen LogP contribution < -0.4 is 0 Å². The van der Waals surface area contributed by atoms with Crippen molar-refractivity contribution in [3.05, 3.63) is 17.5 Å². The molecule has 0 unspecified atom stereocenters. The monoisotopic (exact) mass is 292 g/mol. The molecule has 0 aliphatic heterocycles. The topological polar surface area (TPSA) is 61.2 Å². The van der Waals surface area contributed by atoms with Crippen LogP contribution in [0.4, 0.5) is 0 Å². The van der Waals surface area contributed by atoms with Crippen LogP contribution in [0, 0.1) is 12.8 Å². The van der Waals surface area contributed by atoms with E-state index >= 15 is 0 Å². The second kappa shape index (κ2) is 6.87. The Labute approximate surface area is 125 Å². The highest BCUT2D eigenvalue weighted by atomic mass is 16.5. The minimum Gasteiger partial charge on any atom is -0.469 e. The van der Waals surface area contributed by atoms with Crippen LogP contribution in [0.5, 0.6) is 0 Å². The fourth-order valence-corrected chi connectivity index (χ4v) is 3.20. The van der Waals surface area contributed by atoms with Crippen molar-refractivity contribution in [2.45, 2.75) is 58.4 Å². The molecule has 1 aliphatic carbocycles. The molecule has 0 saturated heterocycles. The molecule has 1 aromatic heterocycles. The lowest BCUT2D eigenvalue weighted by atomic mass is 9.77. The number of aryl methyl sites for hydroxylation is 1. The van der Waals surface area contributed by atoms with Crippen LogP contribution in [0.3, 0.4) is 0 Å². The summed E-state index contributed by atoms with van der Waals surface area (Å²) in [6, 6.07) is 0. The van der Waals surface area contributed by atoms with Crippen LogP contribution in [-0.2, 0) is 20.9 Å². The first-order valence-corrected chi connectivity index (χ1v) is 7.62. The van der Waals surface area contributed by atoms with Gasteiger partial charge in [-0.25, -0.2) is 0 Å². The quantitative estimate of drug-likeness (QED) is 0.783. The molecular weight excluding hydrogens is 268 g/mol. The molecule has 1 saturated carbocycles. The average Bonchev–Trinajstić information content (AvgIpc) is 2.86. The summed E-state index contributed by atoms with van der Waals surface area (Å²) in [5.74, 6) is 0.843. The normalized spacial score (nSPS) is 22.0. The van der Waals surface area contributed by atoms with E-state index in [-0.39, 0.29) is 11.9 Å². The molecule has 5 nitrogen and oxygen atoms in total. The molecule has 1 heterocycles. The smallest absolute Gasteiger partial charge is 0.307 e. The number of ketones is 1. The van der Waals surface area contributed by atoms with Gasteiger partial charge in [0.2, 0.25) is 0 Å². The van der Waals surface area contributed by atoms with E-state index in [1.54, 1.807) is 6.92 Å². The Morgan fingerprint density at radius 1 is 1.33 bits per heavy atom. The first-order valence-electron chi connectivity index (χ1n) is 7.62. The lowest BCUT2D eigenvalue weighted by Crippen LogP contribution is -2.19. The zero-order chi connectivity index (χ0) is 15.4. The summed E-state index contributed by atoms with van der Waals surface area (Å²) < 4.78 is 6.54. The summed E-state index contributed by atoms with van der Waals surface area (Å²) >= 11 is 0. The second-order valence-corrected chi connectivity index (χ2v) is 5.89. The molecule has 116 valence electrons. The zero-order valence-corrected chi connectivity index (χ0v) is 13.1. The average molecular weight is 292 g/mol. The van der Waals surface area contributed by atoms with Gasteiger partial charge in [-0.2, -0.15) is 5.10 Å². The van der Waals surface area contributed by atoms with E-state index in [4.69, 9.17) is 0 Å². The van der Waals surface area contributed by atoms with Crippen LogP contribution in [0.25, 0.3) is 0 Å². The third-order valence-electron chi connectivity index (χ3n) is 4.64. The van der Waals surface area contributed by atoms with Gasteiger partial charge in [0.25, 0.3) is 0 Å². The number of Topliss-reactive ketones (excluding diaryl/α,β-unsaturated/α-hetero) is 1. The highest BCUT2D eigenvalue weighted by Crippen LogP contribution is 2.37. The van der Waals surface area contributed by atoms with Crippen molar-refractivity contribution in [1.29, 1.82) is 0 Å². The maximum absolute atomic E-state index is 11.4. The van der Waals surface area contributed by atoms with E-state index in [2.05, 4.69) is 16.8 Å². The molecule has 0 atom stereocenters. The lowest BCUT2D eigenvalue weighted by molar-refractivity contribution is -0.140. The van der Waals surface area contributed by atoms with Crippen molar-refractivity contribution in [3.8, 4) is 0 Å². The number of hydrogen-bond donors (Lipinski definition) is 0. The van der Waals surface area contributed by atoms with Crippen LogP contribution in [0.2, 0.25) is 0 Å². The molecule has 1 aromatic rings. The molecular formula is C16H24N2O3. The van der Waals surface area contributed by atoms with E-state index in [1.807, 2.05) is 10.9 Å². The standard InChI is InChI=1S/C16H24N2O3/c1-11-15(10-17-18(11)9-8-16(20)21-3)14-6-4-13(5-7-14)12(2)19/h10,13-14H,4-9H2,1-3H3. The van der Waals surface area contributed by atoms with Crippen LogP contribution in [0.1, 0.15) is 56.2 Å². The maximum atomic E-state index is 11.4. The van der Waals surface area contributed by atoms with Gasteiger partial charge < -0.3 is 4.74 Å². The number of carbonyl (C=O) groups excluding carboxylic acids is 2. The number of hydrogen-bond acceptors (Lipinski definition) is 4. The zero-order valence-electron chi connectivity index (χ0n) is 13.1. The Morgan fingerprint density at radius 3 is 2.57 bits per heavy atom. The Kier molecular flexibility index (Phi) is 5.15. The van der Waals surface area contributed by atoms with Gasteiger partial charge in [-0.05, 0) is 51.0 Å². The van der Waals surface area contributed by atoms with E-state index in [0.717, 1.165) is 31.4 Å². The molecule has 0 N–H and O–H groups in total. The van der Waals surface area contributed by atoms with Crippen LogP contribution >= 0.6 is 0 Å². The predicted molar refractivity (Wildman–Crippen MR) is 79.0 cm³/mol. The first kappa shape index (κ1) is 15.7. The number of carbonyl (C=O) groups is 2. The molecule has 1 aliphatic rings. The number of ether oxygens (including phenoxy) is 1. The minimum absolute atomic E-state index is 0.214. The van der Waals surface area contributed by atoms with Gasteiger partial charge in [-0.15, -0.1) is 0 Å². The van der Waals surface area contributed by atoms with Gasteiger partial charge in [0.15, 0.2) is 0 Å². The molecule has 0 bridgehead atoms. The Morgan fingerprint density at radius 2 is 2.00 bits per heavy atom. The van der Waals surface area contributed by atoms with Gasteiger partial charge in [0, 0.05) is 11.6 Å². The number of rotatable bonds is 5. The third-order valence-corrected chi connectivity index (χ3v) is 4.64. The van der Waals surface area contributed by atoms with Gasteiger partial charge in [-0.1, -0.05) is 0 Å². The summed E-state index contributed by atoms with van der Waals surface area (Å²) in [5.41, 5.74) is 2.40. The summed E-state index contributed by atoms with van der Waals surface area (Å²) in [7, 11) is 1.40. The van der Waals surface area contributed by atoms with Gasteiger partial charge >= 0.3 is 5.97 Å². The molecule has 2 rings (SSSR count). The van der Waals surface area contributed by atoms with Crippen molar-refractivity contribution < 1.29 is 14.3 Å². The van der Waals surface area contributed by atoms with Crippen molar-refractivity contribution in [2.24, 2.45) is 5.92 Å². The van der Waals surface area contributed by atoms with E-state index in [0.29, 0.717) is 24.7 Å². The molecule has 0 amide bonds. The first-order chi connectivity index (χ1) is 10.0. The Hall–Kier alpha value is -1.65. The SMILES string of the molecule is COC(=O)CCn1ncc(C2CCC(C(C)=O)CC2)c1C. The van der Waals surface area contributed by atoms with E-state index in [1.165, 1.54) is 12.7 Å². The van der Waals surface area contributed by atoms with E-state index in [9.17, 15) is 9.59 Å². The Balaban J connectivity index is 1.97. The Bertz CT molecular complexity index is 514. The lowest BCUT2D eigenvalue weighted by Gasteiger charge is -2.26. The van der Waals surface area contributed by atoms with Crippen molar-refractivity contribution in [1.82, 2.24) is 9.78 Å². The second-order valence-electron chi connectivity index (χ2n) is 5.89. The molecule has 0 aromatic carbocycles. The van der Waals surface area contributed by atoms with Crippen molar-refractivity contribution in [3.63, 3.8) is 0 Å². The highest BCUT2D eigenvalue weighted by Gasteiger charge is 2.27. The van der Waals surface area contributed by atoms with Crippen LogP contribution in [-0.4, -0.2) is 28.6 Å². The third kappa shape index (κ3) is 3.71. The molecule has 5 heteroatoms. The summed E-state index contributed by atoms with van der Waals surface area (Å²) in [5, 5.41) is 4.39. The van der Waals surface area contributed by atoms with Gasteiger partial charge in [0.1, 0.15) is 5.78 Å². The van der Waals surface area contributed by atoms with Crippen molar-refractivity contribution >= 4 is 11.8 Å². The van der Waals surface area contributed by atoms with Gasteiger partial charge in [-0.3, -0.25) is 14.3 Å². The number of aromatic nitrogens is 2. The maximum Gasteiger partial charge on any atom is 0.307 e. The molecule has 1 fully saturated rings. The molecule has 0 radical (unpaired) electrons. The molecule has 0 spiro atoms. The number of esters is 1. The number of methoxy groups -OCH3 is 1. The molecule has 21 heavy (non-hydrogen) atoms. The van der Waals surface area contributed by atoms with Gasteiger partial charge in [0.05, 0.1) is 26.3 Å². The van der Waals surface area contributed by atoms with Crippen molar-refractivity contribution in [2.75, 3.05) is 7.11 Å². The highest BCUT2D eigenvalue weighted by molar-refractivity contribution is 5.78. The predicted octanol–water partition coefficient (Wildman–Crippen LogP) is 2.62. The minimum atomic E-state index is -0.214. The fraction of sp³-hybridized carbons (Fsp3) is 0.688. The summed E-state index contributed by atoms with van der Waals surface area (Å²) in [6.07, 6.45) is 6.32. The van der Waals surface area contributed by atoms with Crippen LogP contribution in [0.15, 0.2) is 6.20 Å². The van der Waals surface area contributed by atoms with E-state index < -0.39 is 0 Å². The largest absolute Gasteiger partial charge is 0.469 e. The summed E-state index contributed by atoms with van der Waals surface area (Å²) in [6.45, 7) is 4.30. The fourth-order valence-electron chi connectivity index (χ4n) is 3.20.